The van der Waals surface area contributed by atoms with Crippen molar-refractivity contribution in [2.24, 2.45) is 11.7 Å². The van der Waals surface area contributed by atoms with Gasteiger partial charge in [-0.05, 0) is 64.3 Å². The summed E-state index contributed by atoms with van der Waals surface area (Å²) in [7, 11) is 3.72. The van der Waals surface area contributed by atoms with E-state index in [4.69, 9.17) is 10.5 Å². The Balaban J connectivity index is 1.89. The molecular weight excluding hydrogens is 435 g/mol. The monoisotopic (exact) mass is 469 g/mol. The van der Waals surface area contributed by atoms with Crippen molar-refractivity contribution in [3.63, 3.8) is 0 Å². The van der Waals surface area contributed by atoms with Gasteiger partial charge in [0.1, 0.15) is 0 Å². The molecule has 33 heavy (non-hydrogen) atoms. The summed E-state index contributed by atoms with van der Waals surface area (Å²) in [4.78, 5) is 29.5. The van der Waals surface area contributed by atoms with Crippen molar-refractivity contribution in [3.05, 3.63) is 34.9 Å². The van der Waals surface area contributed by atoms with Crippen LogP contribution in [0.1, 0.15) is 66.9 Å². The first kappa shape index (κ1) is 25.5. The molecule has 4 atom stereocenters. The summed E-state index contributed by atoms with van der Waals surface area (Å²) in [5.41, 5.74) is 3.91. The number of likely N-dealkylation sites (tertiary alicyclic amines) is 1. The van der Waals surface area contributed by atoms with Gasteiger partial charge in [0.2, 0.25) is 11.8 Å². The van der Waals surface area contributed by atoms with E-state index in [1.807, 2.05) is 0 Å². The highest BCUT2D eigenvalue weighted by atomic mass is 19.4. The number of benzene rings is 1. The third-order valence-corrected chi connectivity index (χ3v) is 7.35. The molecule has 1 saturated carbocycles. The topological polar surface area (TPSA) is 75.9 Å². The van der Waals surface area contributed by atoms with E-state index in [-0.39, 0.29) is 35.4 Å². The van der Waals surface area contributed by atoms with Gasteiger partial charge in [0.05, 0.1) is 18.1 Å². The van der Waals surface area contributed by atoms with Crippen LogP contribution in [-0.2, 0) is 15.7 Å². The zero-order chi connectivity index (χ0) is 24.5. The Kier molecular flexibility index (Phi) is 7.73. The minimum atomic E-state index is -4.69. The second-order valence-corrected chi connectivity index (χ2v) is 9.51. The van der Waals surface area contributed by atoms with Crippen LogP contribution in [-0.4, -0.2) is 67.0 Å². The molecule has 0 radical (unpaired) electrons. The molecule has 0 bridgehead atoms. The van der Waals surface area contributed by atoms with E-state index in [9.17, 15) is 22.8 Å². The lowest BCUT2D eigenvalue weighted by Crippen LogP contribution is -2.51. The van der Waals surface area contributed by atoms with E-state index in [0.29, 0.717) is 25.2 Å². The molecule has 0 unspecified atom stereocenters. The lowest BCUT2D eigenvalue weighted by Gasteiger charge is -2.44. The van der Waals surface area contributed by atoms with Crippen molar-refractivity contribution in [2.45, 2.75) is 69.8 Å². The molecule has 6 nitrogen and oxygen atoms in total. The highest BCUT2D eigenvalue weighted by molar-refractivity contribution is 5.98. The number of primary amides is 1. The molecule has 9 heteroatoms. The summed E-state index contributed by atoms with van der Waals surface area (Å²) in [5.74, 6) is -2.27. The summed E-state index contributed by atoms with van der Waals surface area (Å²) < 4.78 is 46.8. The molecule has 0 spiro atoms. The molecule has 1 heterocycles. The first-order valence-corrected chi connectivity index (χ1v) is 11.5. The van der Waals surface area contributed by atoms with E-state index < -0.39 is 23.6 Å². The lowest BCUT2D eigenvalue weighted by atomic mass is 9.80. The number of rotatable bonds is 7. The van der Waals surface area contributed by atoms with Crippen LogP contribution < -0.4 is 5.73 Å². The Morgan fingerprint density at radius 2 is 1.97 bits per heavy atom. The molecule has 0 aromatic heterocycles. The SMILES string of the molecule is COC[C@@H]1C[C@H](N(C)C(C)C)CC[C@@H]1N1CC[C@@H](c2c(C(N)=O)cccc2C(F)(F)F)C1=O. The number of nitrogens with zero attached hydrogens (tertiary/aromatic N) is 2. The van der Waals surface area contributed by atoms with Gasteiger partial charge in [-0.1, -0.05) is 6.07 Å². The average Bonchev–Trinajstić information content (AvgIpc) is 3.12. The van der Waals surface area contributed by atoms with Crippen molar-refractivity contribution >= 4 is 11.8 Å². The molecule has 2 aliphatic rings. The molecular formula is C24H34F3N3O3. The van der Waals surface area contributed by atoms with Crippen molar-refractivity contribution in [1.29, 1.82) is 0 Å². The van der Waals surface area contributed by atoms with Gasteiger partial charge >= 0.3 is 6.18 Å². The fourth-order valence-electron chi connectivity index (χ4n) is 5.52. The number of alkyl halides is 3. The van der Waals surface area contributed by atoms with Gasteiger partial charge in [0, 0.05) is 43.3 Å². The van der Waals surface area contributed by atoms with E-state index in [1.54, 1.807) is 12.0 Å². The fraction of sp³-hybridized carbons (Fsp3) is 0.667. The second kappa shape index (κ2) is 10.0. The summed E-state index contributed by atoms with van der Waals surface area (Å²) in [6, 6.07) is 3.99. The average molecular weight is 470 g/mol. The second-order valence-electron chi connectivity index (χ2n) is 9.51. The zero-order valence-corrected chi connectivity index (χ0v) is 19.7. The molecule has 1 aliphatic carbocycles. The van der Waals surface area contributed by atoms with Crippen LogP contribution in [0.2, 0.25) is 0 Å². The molecule has 1 aromatic carbocycles. The number of methoxy groups -OCH3 is 1. The Bertz CT molecular complexity index is 874. The standard InChI is InChI=1S/C24H34F3N3O3/c1-14(2)29(3)16-8-9-20(15(12-16)13-33-4)30-11-10-18(23(30)32)21-17(22(28)31)6-5-7-19(21)24(25,26)27/h5-7,14-16,18,20H,8-13H2,1-4H3,(H2,28,31)/t15-,16+,18-,20-/m0/s1. The van der Waals surface area contributed by atoms with Gasteiger partial charge in [-0.25, -0.2) is 0 Å². The third-order valence-electron chi connectivity index (χ3n) is 7.35. The maximum Gasteiger partial charge on any atom is 0.416 e. The van der Waals surface area contributed by atoms with E-state index in [1.165, 1.54) is 6.07 Å². The zero-order valence-electron chi connectivity index (χ0n) is 19.7. The predicted molar refractivity (Wildman–Crippen MR) is 119 cm³/mol. The number of carbonyl (C=O) groups excluding carboxylic acids is 2. The first-order valence-electron chi connectivity index (χ1n) is 11.5. The number of amides is 2. The highest BCUT2D eigenvalue weighted by Gasteiger charge is 2.46. The Labute approximate surface area is 193 Å². The van der Waals surface area contributed by atoms with Gasteiger partial charge in [0.15, 0.2) is 0 Å². The van der Waals surface area contributed by atoms with E-state index >= 15 is 0 Å². The number of carbonyl (C=O) groups is 2. The van der Waals surface area contributed by atoms with Crippen molar-refractivity contribution in [3.8, 4) is 0 Å². The minimum Gasteiger partial charge on any atom is -0.384 e. The van der Waals surface area contributed by atoms with Crippen LogP contribution in [0.3, 0.4) is 0 Å². The van der Waals surface area contributed by atoms with Crippen LogP contribution in [0.5, 0.6) is 0 Å². The van der Waals surface area contributed by atoms with Gasteiger partial charge in [-0.15, -0.1) is 0 Å². The molecule has 1 aliphatic heterocycles. The number of nitrogens with two attached hydrogens (primary N) is 1. The lowest BCUT2D eigenvalue weighted by molar-refractivity contribution is -0.139. The van der Waals surface area contributed by atoms with Crippen LogP contribution in [0.25, 0.3) is 0 Å². The van der Waals surface area contributed by atoms with Gasteiger partial charge in [-0.2, -0.15) is 13.2 Å². The van der Waals surface area contributed by atoms with Gasteiger partial charge in [-0.3, -0.25) is 9.59 Å². The quantitative estimate of drug-likeness (QED) is 0.662. The molecule has 2 amide bonds. The normalized spacial score (nSPS) is 26.5. The molecule has 2 fully saturated rings. The van der Waals surface area contributed by atoms with Crippen molar-refractivity contribution in [2.75, 3.05) is 27.3 Å². The van der Waals surface area contributed by atoms with Crippen LogP contribution in [0.4, 0.5) is 13.2 Å². The van der Waals surface area contributed by atoms with E-state index in [0.717, 1.165) is 31.4 Å². The third kappa shape index (κ3) is 5.19. The largest absolute Gasteiger partial charge is 0.416 e. The predicted octanol–water partition coefficient (Wildman–Crippen LogP) is 3.64. The minimum absolute atomic E-state index is 0.0890. The highest BCUT2D eigenvalue weighted by Crippen LogP contribution is 2.43. The molecule has 2 N–H and O–H groups in total. The van der Waals surface area contributed by atoms with E-state index in [2.05, 4.69) is 25.8 Å². The maximum atomic E-state index is 13.8. The molecule has 3 rings (SSSR count). The fourth-order valence-corrected chi connectivity index (χ4v) is 5.52. The van der Waals surface area contributed by atoms with Crippen molar-refractivity contribution < 1.29 is 27.5 Å². The summed E-state index contributed by atoms with van der Waals surface area (Å²) in [5, 5.41) is 0. The summed E-state index contributed by atoms with van der Waals surface area (Å²) >= 11 is 0. The molecule has 184 valence electrons. The van der Waals surface area contributed by atoms with Gasteiger partial charge in [0.25, 0.3) is 0 Å². The van der Waals surface area contributed by atoms with Crippen LogP contribution in [0.15, 0.2) is 18.2 Å². The molecule has 1 aromatic rings. The Morgan fingerprint density at radius 3 is 2.55 bits per heavy atom. The van der Waals surface area contributed by atoms with Gasteiger partial charge < -0.3 is 20.3 Å². The number of hydrogen-bond acceptors (Lipinski definition) is 4. The number of hydrogen-bond donors (Lipinski definition) is 1. The maximum absolute atomic E-state index is 13.8. The Morgan fingerprint density at radius 1 is 1.27 bits per heavy atom. The number of halogens is 3. The molecule has 1 saturated heterocycles. The number of ether oxygens (including phenoxy) is 1. The summed E-state index contributed by atoms with van der Waals surface area (Å²) in [6.45, 7) is 5.11. The van der Waals surface area contributed by atoms with Crippen molar-refractivity contribution in [1.82, 2.24) is 9.80 Å². The smallest absolute Gasteiger partial charge is 0.384 e. The summed E-state index contributed by atoms with van der Waals surface area (Å²) in [6.07, 6.45) is -1.95. The first-order chi connectivity index (χ1) is 15.5. The van der Waals surface area contributed by atoms with Crippen LogP contribution in [0, 0.1) is 5.92 Å². The van der Waals surface area contributed by atoms with Crippen LogP contribution >= 0.6 is 0 Å². The Hall–Kier alpha value is -2.13.